The summed E-state index contributed by atoms with van der Waals surface area (Å²) in [6, 6.07) is 17.8. The quantitative estimate of drug-likeness (QED) is 0.329. The molecule has 3 N–H and O–H groups in total. The molecule has 0 fully saturated rings. The van der Waals surface area contributed by atoms with Gasteiger partial charge in [-0.3, -0.25) is 15.7 Å². The Labute approximate surface area is 193 Å². The molecule has 172 valence electrons. The van der Waals surface area contributed by atoms with Crippen LogP contribution in [0.2, 0.25) is 0 Å². The molecular formula is C24H27N5O3S. The topological polar surface area (TPSA) is 99.5 Å². The maximum Gasteiger partial charge on any atom is 0.278 e. The minimum absolute atomic E-state index is 0.301. The van der Waals surface area contributed by atoms with Crippen LogP contribution in [0.1, 0.15) is 11.1 Å². The van der Waals surface area contributed by atoms with Crippen molar-refractivity contribution < 1.29 is 13.6 Å². The molecule has 9 heteroatoms. The molecule has 2 heterocycles. The lowest BCUT2D eigenvalue weighted by atomic mass is 10.0. The van der Waals surface area contributed by atoms with Crippen LogP contribution in [0.3, 0.4) is 0 Å². The van der Waals surface area contributed by atoms with E-state index in [0.717, 1.165) is 33.2 Å². The van der Waals surface area contributed by atoms with E-state index in [1.54, 1.807) is 18.5 Å². The van der Waals surface area contributed by atoms with Crippen LogP contribution in [-0.2, 0) is 23.2 Å². The van der Waals surface area contributed by atoms with E-state index in [0.29, 0.717) is 25.2 Å². The van der Waals surface area contributed by atoms with E-state index in [2.05, 4.69) is 44.1 Å². The Morgan fingerprint density at radius 3 is 2.55 bits per heavy atom. The Hall–Kier alpha value is -3.24. The molecule has 2 aromatic carbocycles. The van der Waals surface area contributed by atoms with Gasteiger partial charge in [-0.25, -0.2) is 4.72 Å². The molecule has 0 radical (unpaired) electrons. The number of pyridine rings is 1. The Morgan fingerprint density at radius 2 is 1.82 bits per heavy atom. The number of aromatic nitrogens is 2. The third kappa shape index (κ3) is 5.23. The van der Waals surface area contributed by atoms with Crippen molar-refractivity contribution in [2.24, 2.45) is 0 Å². The maximum absolute atomic E-state index is 12.1. The average molecular weight is 466 g/mol. The molecule has 0 spiro atoms. The van der Waals surface area contributed by atoms with Gasteiger partial charge in [-0.15, -0.1) is 0 Å². The largest absolute Gasteiger partial charge is 0.343 e. The second-order valence-corrected chi connectivity index (χ2v) is 9.96. The highest BCUT2D eigenvalue weighted by Crippen LogP contribution is 2.29. The van der Waals surface area contributed by atoms with Gasteiger partial charge in [0, 0.05) is 56.7 Å². The van der Waals surface area contributed by atoms with Crippen LogP contribution in [0.5, 0.6) is 0 Å². The van der Waals surface area contributed by atoms with Crippen molar-refractivity contribution in [2.45, 2.75) is 13.0 Å². The highest BCUT2D eigenvalue weighted by atomic mass is 32.2. The minimum Gasteiger partial charge on any atom is -0.343 e. The number of benzene rings is 2. The van der Waals surface area contributed by atoms with E-state index in [4.69, 9.17) is 0 Å². The van der Waals surface area contributed by atoms with Crippen molar-refractivity contribution in [1.82, 2.24) is 18.6 Å². The predicted molar refractivity (Wildman–Crippen MR) is 130 cm³/mol. The van der Waals surface area contributed by atoms with Crippen molar-refractivity contribution in [1.29, 1.82) is 0 Å². The van der Waals surface area contributed by atoms with Crippen LogP contribution in [-0.4, -0.2) is 48.1 Å². The van der Waals surface area contributed by atoms with Crippen LogP contribution in [0.15, 0.2) is 73.2 Å². The molecule has 0 aliphatic heterocycles. The molecule has 0 atom stereocenters. The molecule has 0 aliphatic rings. The fourth-order valence-corrected chi connectivity index (χ4v) is 4.42. The fourth-order valence-electron chi connectivity index (χ4n) is 3.80. The van der Waals surface area contributed by atoms with E-state index in [1.165, 1.54) is 18.4 Å². The third-order valence-electron chi connectivity index (χ3n) is 5.55. The SMILES string of the molecule is CN(C)S(=O)(=O)NCCc1cn(Cc2cccc(NO)c2)c2cc(-c3ccncc3)ccc12. The molecule has 33 heavy (non-hydrogen) atoms. The number of hydrogen-bond donors (Lipinski definition) is 3. The van der Waals surface area contributed by atoms with Crippen LogP contribution in [0.4, 0.5) is 5.69 Å². The standard InChI is InChI=1S/C24H27N5O3S/c1-28(2)33(31,32)26-13-10-21-17-29(16-18-4-3-5-22(14-18)27-30)24-15-20(6-7-23(21)24)19-8-11-25-12-9-19/h3-9,11-12,14-15,17,26-27,30H,10,13,16H2,1-2H3. The second-order valence-electron chi connectivity index (χ2n) is 7.99. The first-order valence-electron chi connectivity index (χ1n) is 10.6. The summed E-state index contributed by atoms with van der Waals surface area (Å²) < 4.78 is 30.1. The number of nitrogens with zero attached hydrogens (tertiary/aromatic N) is 3. The summed E-state index contributed by atoms with van der Waals surface area (Å²) in [5.74, 6) is 0. The highest BCUT2D eigenvalue weighted by molar-refractivity contribution is 7.87. The number of fused-ring (bicyclic) bond motifs is 1. The zero-order valence-corrected chi connectivity index (χ0v) is 19.4. The van der Waals surface area contributed by atoms with E-state index in [1.807, 2.05) is 30.3 Å². The molecular weight excluding hydrogens is 438 g/mol. The van der Waals surface area contributed by atoms with Gasteiger partial charge in [-0.2, -0.15) is 12.7 Å². The number of anilines is 1. The third-order valence-corrected chi connectivity index (χ3v) is 7.08. The van der Waals surface area contributed by atoms with Gasteiger partial charge in [-0.05, 0) is 59.0 Å². The Balaban J connectivity index is 1.70. The van der Waals surface area contributed by atoms with Gasteiger partial charge in [-0.1, -0.05) is 24.3 Å². The van der Waals surface area contributed by atoms with Gasteiger partial charge in [0.05, 0.1) is 5.69 Å². The zero-order chi connectivity index (χ0) is 23.4. The molecule has 2 aromatic heterocycles. The first kappa shape index (κ1) is 22.9. The van der Waals surface area contributed by atoms with Crippen molar-refractivity contribution in [3.63, 3.8) is 0 Å². The first-order chi connectivity index (χ1) is 15.9. The van der Waals surface area contributed by atoms with E-state index < -0.39 is 10.2 Å². The molecule has 8 nitrogen and oxygen atoms in total. The molecule has 0 aliphatic carbocycles. The summed E-state index contributed by atoms with van der Waals surface area (Å²) in [5.41, 5.74) is 8.11. The van der Waals surface area contributed by atoms with Gasteiger partial charge in [0.1, 0.15) is 0 Å². The Morgan fingerprint density at radius 1 is 1.03 bits per heavy atom. The van der Waals surface area contributed by atoms with Crippen LogP contribution in [0.25, 0.3) is 22.0 Å². The number of rotatable bonds is 9. The van der Waals surface area contributed by atoms with Gasteiger partial charge < -0.3 is 4.57 Å². The van der Waals surface area contributed by atoms with Crippen LogP contribution in [0, 0.1) is 0 Å². The van der Waals surface area contributed by atoms with Gasteiger partial charge >= 0.3 is 0 Å². The normalized spacial score (nSPS) is 11.9. The van der Waals surface area contributed by atoms with Gasteiger partial charge in [0.2, 0.25) is 0 Å². The minimum atomic E-state index is -3.47. The molecule has 0 amide bonds. The smallest absolute Gasteiger partial charge is 0.278 e. The molecule has 4 aromatic rings. The van der Waals surface area contributed by atoms with Crippen molar-refractivity contribution in [3.8, 4) is 11.1 Å². The molecule has 0 saturated carbocycles. The van der Waals surface area contributed by atoms with Gasteiger partial charge in [0.15, 0.2) is 0 Å². The monoisotopic (exact) mass is 465 g/mol. The summed E-state index contributed by atoms with van der Waals surface area (Å²) >= 11 is 0. The van der Waals surface area contributed by atoms with Crippen LogP contribution >= 0.6 is 0 Å². The van der Waals surface area contributed by atoms with E-state index >= 15 is 0 Å². The summed E-state index contributed by atoms with van der Waals surface area (Å²) in [4.78, 5) is 4.10. The summed E-state index contributed by atoms with van der Waals surface area (Å²) in [6.45, 7) is 0.908. The fraction of sp³-hybridized carbons (Fsp3) is 0.208. The number of hydrogen-bond acceptors (Lipinski definition) is 5. The van der Waals surface area contributed by atoms with Crippen molar-refractivity contribution in [2.75, 3.05) is 26.1 Å². The van der Waals surface area contributed by atoms with Crippen molar-refractivity contribution >= 4 is 26.8 Å². The predicted octanol–water partition coefficient (Wildman–Crippen LogP) is 3.49. The summed E-state index contributed by atoms with van der Waals surface area (Å²) in [5, 5.41) is 10.3. The molecule has 0 unspecified atom stereocenters. The Kier molecular flexibility index (Phi) is 6.75. The number of nitrogens with one attached hydrogen (secondary N) is 2. The highest BCUT2D eigenvalue weighted by Gasteiger charge is 2.14. The lowest BCUT2D eigenvalue weighted by Gasteiger charge is -2.11. The second kappa shape index (κ2) is 9.72. The lowest BCUT2D eigenvalue weighted by Crippen LogP contribution is -2.36. The van der Waals surface area contributed by atoms with Gasteiger partial charge in [0.25, 0.3) is 10.2 Å². The van der Waals surface area contributed by atoms with Crippen molar-refractivity contribution in [3.05, 3.63) is 84.3 Å². The lowest BCUT2D eigenvalue weighted by molar-refractivity contribution is 0.389. The summed E-state index contributed by atoms with van der Waals surface area (Å²) in [6.07, 6.45) is 6.18. The first-order valence-corrected chi connectivity index (χ1v) is 12.0. The van der Waals surface area contributed by atoms with E-state index in [-0.39, 0.29) is 0 Å². The zero-order valence-electron chi connectivity index (χ0n) is 18.6. The molecule has 0 saturated heterocycles. The molecule has 4 rings (SSSR count). The molecule has 0 bridgehead atoms. The van der Waals surface area contributed by atoms with Crippen LogP contribution < -0.4 is 10.2 Å². The Bertz CT molecular complexity index is 1350. The van der Waals surface area contributed by atoms with E-state index in [9.17, 15) is 13.6 Å². The summed E-state index contributed by atoms with van der Waals surface area (Å²) in [7, 11) is -0.465. The average Bonchev–Trinajstić information content (AvgIpc) is 3.16. The maximum atomic E-state index is 12.1.